The molecular formula is C9H12BrO5-. The molecule has 1 atom stereocenters. The highest BCUT2D eigenvalue weighted by Crippen LogP contribution is 2.11. The Hall–Kier alpha value is -0.910. The monoisotopic (exact) mass is 279 g/mol. The summed E-state index contributed by atoms with van der Waals surface area (Å²) in [4.78, 5) is 31.6. The van der Waals surface area contributed by atoms with Gasteiger partial charge in [-0.3, -0.25) is 9.59 Å². The standard InChI is InChI=1S/C9H13BrO5/c1-2-15-9(14)5-6(10)7(11)3-4-8(12)13/h6H,2-5H2,1H3,(H,12,13)/p-1. The van der Waals surface area contributed by atoms with E-state index in [2.05, 4.69) is 20.7 Å². The molecule has 0 bridgehead atoms. The summed E-state index contributed by atoms with van der Waals surface area (Å²) in [6.45, 7) is 1.92. The van der Waals surface area contributed by atoms with Gasteiger partial charge in [-0.05, 0) is 13.3 Å². The largest absolute Gasteiger partial charge is 0.550 e. The Kier molecular flexibility index (Phi) is 6.94. The fourth-order valence-electron chi connectivity index (χ4n) is 0.862. The van der Waals surface area contributed by atoms with Gasteiger partial charge in [0.15, 0.2) is 0 Å². The fourth-order valence-corrected chi connectivity index (χ4v) is 1.36. The predicted octanol–water partition coefficient (Wildman–Crippen LogP) is -0.198. The number of ketones is 1. The van der Waals surface area contributed by atoms with Gasteiger partial charge in [0.2, 0.25) is 0 Å². The van der Waals surface area contributed by atoms with E-state index < -0.39 is 16.8 Å². The third-order valence-electron chi connectivity index (χ3n) is 1.58. The smallest absolute Gasteiger partial charge is 0.307 e. The number of rotatable bonds is 7. The van der Waals surface area contributed by atoms with Crippen molar-refractivity contribution in [2.75, 3.05) is 6.61 Å². The summed E-state index contributed by atoms with van der Waals surface area (Å²) in [5.41, 5.74) is 0. The summed E-state index contributed by atoms with van der Waals surface area (Å²) in [6.07, 6.45) is -0.554. The average molecular weight is 280 g/mol. The van der Waals surface area contributed by atoms with E-state index in [9.17, 15) is 19.5 Å². The lowest BCUT2D eigenvalue weighted by Gasteiger charge is -2.08. The number of carbonyl (C=O) groups is 3. The van der Waals surface area contributed by atoms with Gasteiger partial charge in [0.25, 0.3) is 0 Å². The molecule has 86 valence electrons. The first-order valence-electron chi connectivity index (χ1n) is 4.49. The minimum absolute atomic E-state index is 0.0836. The summed E-state index contributed by atoms with van der Waals surface area (Å²) >= 11 is 3.00. The molecule has 0 rings (SSSR count). The van der Waals surface area contributed by atoms with Gasteiger partial charge in [0, 0.05) is 12.4 Å². The van der Waals surface area contributed by atoms with E-state index in [1.54, 1.807) is 6.92 Å². The molecule has 0 aromatic carbocycles. The van der Waals surface area contributed by atoms with Crippen LogP contribution in [0.4, 0.5) is 0 Å². The van der Waals surface area contributed by atoms with Gasteiger partial charge >= 0.3 is 5.97 Å². The fraction of sp³-hybridized carbons (Fsp3) is 0.667. The lowest BCUT2D eigenvalue weighted by Crippen LogP contribution is -2.25. The van der Waals surface area contributed by atoms with Crippen molar-refractivity contribution < 1.29 is 24.2 Å². The molecule has 0 N–H and O–H groups in total. The molecule has 0 saturated heterocycles. The summed E-state index contributed by atoms with van der Waals surface area (Å²) in [7, 11) is 0. The number of Topliss-reactive ketones (excluding diaryl/α,β-unsaturated/α-hetero) is 1. The molecule has 6 heteroatoms. The van der Waals surface area contributed by atoms with Crippen LogP contribution in [0.2, 0.25) is 0 Å². The van der Waals surface area contributed by atoms with Crippen LogP contribution in [0.5, 0.6) is 0 Å². The van der Waals surface area contributed by atoms with Gasteiger partial charge in [-0.1, -0.05) is 15.9 Å². The van der Waals surface area contributed by atoms with Crippen LogP contribution in [0.15, 0.2) is 0 Å². The normalized spacial score (nSPS) is 11.9. The number of carboxylic acids is 1. The molecule has 5 nitrogen and oxygen atoms in total. The van der Waals surface area contributed by atoms with Crippen molar-refractivity contribution >= 4 is 33.7 Å². The highest BCUT2D eigenvalue weighted by atomic mass is 79.9. The van der Waals surface area contributed by atoms with Crippen LogP contribution < -0.4 is 5.11 Å². The number of carboxylic acid groups (broad SMARTS) is 1. The SMILES string of the molecule is CCOC(=O)CC(Br)C(=O)CCC(=O)[O-]. The molecular weight excluding hydrogens is 268 g/mol. The molecule has 0 amide bonds. The van der Waals surface area contributed by atoms with Crippen molar-refractivity contribution in [2.24, 2.45) is 0 Å². The first-order valence-corrected chi connectivity index (χ1v) is 5.41. The molecule has 0 aliphatic rings. The van der Waals surface area contributed by atoms with E-state index in [0.29, 0.717) is 0 Å². The molecule has 0 saturated carbocycles. The van der Waals surface area contributed by atoms with Gasteiger partial charge in [-0.25, -0.2) is 0 Å². The van der Waals surface area contributed by atoms with Crippen LogP contribution in [-0.4, -0.2) is 29.2 Å². The Morgan fingerprint density at radius 2 is 1.93 bits per heavy atom. The Bertz CT molecular complexity index is 251. The molecule has 1 unspecified atom stereocenters. The van der Waals surface area contributed by atoms with Gasteiger partial charge in [0.05, 0.1) is 17.9 Å². The molecule has 0 aromatic heterocycles. The highest BCUT2D eigenvalue weighted by Gasteiger charge is 2.18. The van der Waals surface area contributed by atoms with Gasteiger partial charge < -0.3 is 14.6 Å². The van der Waals surface area contributed by atoms with E-state index in [4.69, 9.17) is 0 Å². The zero-order chi connectivity index (χ0) is 11.8. The molecule has 0 radical (unpaired) electrons. The van der Waals surface area contributed by atoms with Crippen molar-refractivity contribution in [3.8, 4) is 0 Å². The maximum absolute atomic E-state index is 11.2. The molecule has 15 heavy (non-hydrogen) atoms. The summed E-state index contributed by atoms with van der Waals surface area (Å²) in [5.74, 6) is -2.10. The lowest BCUT2D eigenvalue weighted by atomic mass is 10.1. The molecule has 0 aliphatic heterocycles. The molecule has 0 aliphatic carbocycles. The Morgan fingerprint density at radius 3 is 2.40 bits per heavy atom. The molecule has 0 fully saturated rings. The van der Waals surface area contributed by atoms with Crippen LogP contribution in [0.25, 0.3) is 0 Å². The lowest BCUT2D eigenvalue weighted by molar-refractivity contribution is -0.305. The number of aliphatic carboxylic acids is 1. The van der Waals surface area contributed by atoms with Crippen LogP contribution in [0.1, 0.15) is 26.2 Å². The minimum Gasteiger partial charge on any atom is -0.550 e. The van der Waals surface area contributed by atoms with Crippen molar-refractivity contribution in [1.82, 2.24) is 0 Å². The van der Waals surface area contributed by atoms with E-state index in [1.807, 2.05) is 0 Å². The van der Waals surface area contributed by atoms with Crippen LogP contribution >= 0.6 is 15.9 Å². The third kappa shape index (κ3) is 7.07. The van der Waals surface area contributed by atoms with Crippen LogP contribution in [-0.2, 0) is 19.1 Å². The van der Waals surface area contributed by atoms with Crippen molar-refractivity contribution in [3.05, 3.63) is 0 Å². The van der Waals surface area contributed by atoms with Crippen molar-refractivity contribution in [1.29, 1.82) is 0 Å². The van der Waals surface area contributed by atoms with E-state index in [-0.39, 0.29) is 31.7 Å². The molecule has 0 aromatic rings. The summed E-state index contributed by atoms with van der Waals surface area (Å²) in [6, 6.07) is 0. The first kappa shape index (κ1) is 14.1. The predicted molar refractivity (Wildman–Crippen MR) is 53.2 cm³/mol. The zero-order valence-corrected chi connectivity index (χ0v) is 9.91. The van der Waals surface area contributed by atoms with Gasteiger partial charge in [-0.15, -0.1) is 0 Å². The molecule has 0 heterocycles. The van der Waals surface area contributed by atoms with Crippen LogP contribution in [0, 0.1) is 0 Å². The Balaban J connectivity index is 3.88. The topological polar surface area (TPSA) is 83.5 Å². The highest BCUT2D eigenvalue weighted by molar-refractivity contribution is 9.10. The maximum atomic E-state index is 11.2. The van der Waals surface area contributed by atoms with Gasteiger partial charge in [-0.2, -0.15) is 0 Å². The zero-order valence-electron chi connectivity index (χ0n) is 8.32. The average Bonchev–Trinajstić information content (AvgIpc) is 2.14. The van der Waals surface area contributed by atoms with E-state index in [0.717, 1.165) is 0 Å². The number of halogens is 1. The van der Waals surface area contributed by atoms with Crippen molar-refractivity contribution in [3.63, 3.8) is 0 Å². The van der Waals surface area contributed by atoms with Crippen LogP contribution in [0.3, 0.4) is 0 Å². The number of hydrogen-bond acceptors (Lipinski definition) is 5. The van der Waals surface area contributed by atoms with Gasteiger partial charge in [0.1, 0.15) is 5.78 Å². The van der Waals surface area contributed by atoms with Crippen molar-refractivity contribution in [2.45, 2.75) is 31.0 Å². The number of carbonyl (C=O) groups excluding carboxylic acids is 3. The number of ether oxygens (including phenoxy) is 1. The number of esters is 1. The van der Waals surface area contributed by atoms with E-state index >= 15 is 0 Å². The number of alkyl halides is 1. The second-order valence-electron chi connectivity index (χ2n) is 2.82. The Morgan fingerprint density at radius 1 is 1.33 bits per heavy atom. The second kappa shape index (κ2) is 7.39. The van der Waals surface area contributed by atoms with E-state index in [1.165, 1.54) is 0 Å². The summed E-state index contributed by atoms with van der Waals surface area (Å²) < 4.78 is 4.64. The number of hydrogen-bond donors (Lipinski definition) is 0. The first-order chi connectivity index (χ1) is 6.97. The molecule has 0 spiro atoms. The second-order valence-corrected chi connectivity index (χ2v) is 3.92. The third-order valence-corrected chi connectivity index (χ3v) is 2.41. The maximum Gasteiger partial charge on any atom is 0.307 e. The Labute approximate surface area is 95.9 Å². The quantitative estimate of drug-likeness (QED) is 0.476. The summed E-state index contributed by atoms with van der Waals surface area (Å²) in [5, 5.41) is 10.1. The minimum atomic E-state index is -1.28.